The first-order valence-corrected chi connectivity index (χ1v) is 8.38. The normalized spacial score (nSPS) is 12.2. The van der Waals surface area contributed by atoms with Gasteiger partial charge in [-0.3, -0.25) is 0 Å². The summed E-state index contributed by atoms with van der Waals surface area (Å²) in [6, 6.07) is 14.8. The fraction of sp³-hybridized carbons (Fsp3) is 0.250. The fourth-order valence-corrected chi connectivity index (χ4v) is 2.24. The molecular weight excluding hydrogens is 340 g/mol. The van der Waals surface area contributed by atoms with Crippen LogP contribution in [-0.2, 0) is 9.53 Å². The SMILES string of the molecule is Cc1ccc(OC(CCOC/C=C/c2ccc(Cl)cc2)C(=O)O)cc1. The molecule has 2 aromatic carbocycles. The van der Waals surface area contributed by atoms with E-state index in [0.29, 0.717) is 24.0 Å². The van der Waals surface area contributed by atoms with Crippen molar-refractivity contribution in [2.45, 2.75) is 19.4 Å². The van der Waals surface area contributed by atoms with Gasteiger partial charge < -0.3 is 14.6 Å². The molecule has 0 aliphatic rings. The molecule has 0 aliphatic heterocycles. The number of hydrogen-bond donors (Lipinski definition) is 1. The standard InChI is InChI=1S/C20H21ClO4/c1-15-4-10-18(11-5-15)25-19(20(22)23)12-14-24-13-2-3-16-6-8-17(21)9-7-16/h2-11,19H,12-14H2,1H3,(H,22,23)/b3-2+. The highest BCUT2D eigenvalue weighted by Crippen LogP contribution is 2.15. The van der Waals surface area contributed by atoms with E-state index >= 15 is 0 Å². The zero-order chi connectivity index (χ0) is 18.1. The summed E-state index contributed by atoms with van der Waals surface area (Å²) in [4.78, 5) is 11.3. The summed E-state index contributed by atoms with van der Waals surface area (Å²) in [6.45, 7) is 2.66. The molecule has 0 aliphatic carbocycles. The van der Waals surface area contributed by atoms with E-state index in [1.807, 2.05) is 55.5 Å². The quantitative estimate of drug-likeness (QED) is 0.664. The molecule has 5 heteroatoms. The highest BCUT2D eigenvalue weighted by atomic mass is 35.5. The molecular formula is C20H21ClO4. The molecule has 0 saturated carbocycles. The first kappa shape index (κ1) is 19.0. The fourth-order valence-electron chi connectivity index (χ4n) is 2.11. The van der Waals surface area contributed by atoms with Crippen LogP contribution < -0.4 is 4.74 Å². The summed E-state index contributed by atoms with van der Waals surface area (Å²) in [6.07, 6.45) is 3.15. The van der Waals surface area contributed by atoms with E-state index < -0.39 is 12.1 Å². The van der Waals surface area contributed by atoms with Gasteiger partial charge in [0.1, 0.15) is 5.75 Å². The Balaban J connectivity index is 1.73. The molecule has 132 valence electrons. The Hall–Kier alpha value is -2.30. The molecule has 4 nitrogen and oxygen atoms in total. The van der Waals surface area contributed by atoms with Gasteiger partial charge in [0.2, 0.25) is 0 Å². The highest BCUT2D eigenvalue weighted by Gasteiger charge is 2.19. The molecule has 0 radical (unpaired) electrons. The topological polar surface area (TPSA) is 55.8 Å². The highest BCUT2D eigenvalue weighted by molar-refractivity contribution is 6.30. The summed E-state index contributed by atoms with van der Waals surface area (Å²) in [5, 5.41) is 9.95. The van der Waals surface area contributed by atoms with Crippen LogP contribution >= 0.6 is 11.6 Å². The summed E-state index contributed by atoms with van der Waals surface area (Å²) >= 11 is 5.83. The lowest BCUT2D eigenvalue weighted by molar-refractivity contribution is -0.145. The number of rotatable bonds is 9. The van der Waals surface area contributed by atoms with E-state index in [1.165, 1.54) is 0 Å². The number of carboxylic acids is 1. The molecule has 0 saturated heterocycles. The molecule has 1 unspecified atom stereocenters. The van der Waals surface area contributed by atoms with Crippen molar-refractivity contribution in [2.75, 3.05) is 13.2 Å². The van der Waals surface area contributed by atoms with Crippen LogP contribution in [0.5, 0.6) is 5.75 Å². The maximum atomic E-state index is 11.3. The molecule has 0 fully saturated rings. The maximum Gasteiger partial charge on any atom is 0.344 e. The number of carbonyl (C=O) groups is 1. The van der Waals surface area contributed by atoms with Crippen molar-refractivity contribution in [1.29, 1.82) is 0 Å². The van der Waals surface area contributed by atoms with Gasteiger partial charge in [-0.25, -0.2) is 4.79 Å². The van der Waals surface area contributed by atoms with Crippen molar-refractivity contribution in [3.63, 3.8) is 0 Å². The Kier molecular flexibility index (Phi) is 7.51. The van der Waals surface area contributed by atoms with Crippen molar-refractivity contribution < 1.29 is 19.4 Å². The largest absolute Gasteiger partial charge is 0.479 e. The summed E-state index contributed by atoms with van der Waals surface area (Å²) in [5.74, 6) is -0.457. The molecule has 1 N–H and O–H groups in total. The second-order valence-corrected chi connectivity index (χ2v) is 6.01. The van der Waals surface area contributed by atoms with E-state index in [1.54, 1.807) is 12.1 Å². The van der Waals surface area contributed by atoms with Gasteiger partial charge >= 0.3 is 5.97 Å². The Morgan fingerprint density at radius 1 is 1.16 bits per heavy atom. The monoisotopic (exact) mass is 360 g/mol. The first-order chi connectivity index (χ1) is 12.0. The zero-order valence-electron chi connectivity index (χ0n) is 14.0. The van der Waals surface area contributed by atoms with E-state index in [-0.39, 0.29) is 6.42 Å². The van der Waals surface area contributed by atoms with Crippen molar-refractivity contribution in [3.05, 3.63) is 70.8 Å². The van der Waals surface area contributed by atoms with Crippen LogP contribution in [0.3, 0.4) is 0 Å². The van der Waals surface area contributed by atoms with Crippen LogP contribution in [0.1, 0.15) is 17.5 Å². The van der Waals surface area contributed by atoms with Gasteiger partial charge in [-0.1, -0.05) is 53.6 Å². The third kappa shape index (κ3) is 6.99. The second-order valence-electron chi connectivity index (χ2n) is 5.58. The van der Waals surface area contributed by atoms with Crippen LogP contribution in [0.15, 0.2) is 54.6 Å². The summed E-state index contributed by atoms with van der Waals surface area (Å²) in [7, 11) is 0. The molecule has 0 heterocycles. The van der Waals surface area contributed by atoms with Crippen LogP contribution in [-0.4, -0.2) is 30.4 Å². The minimum absolute atomic E-state index is 0.276. The smallest absolute Gasteiger partial charge is 0.344 e. The molecule has 25 heavy (non-hydrogen) atoms. The van der Waals surface area contributed by atoms with Crippen LogP contribution in [0.2, 0.25) is 5.02 Å². The Labute approximate surface area is 152 Å². The second kappa shape index (κ2) is 9.87. The predicted octanol–water partition coefficient (Wildman–Crippen LogP) is 4.60. The minimum Gasteiger partial charge on any atom is -0.479 e. The van der Waals surface area contributed by atoms with E-state index in [4.69, 9.17) is 21.1 Å². The molecule has 0 amide bonds. The number of halogens is 1. The lowest BCUT2D eigenvalue weighted by Gasteiger charge is -2.15. The van der Waals surface area contributed by atoms with Crippen molar-refractivity contribution in [1.82, 2.24) is 0 Å². The lowest BCUT2D eigenvalue weighted by atomic mass is 10.2. The Morgan fingerprint density at radius 2 is 1.84 bits per heavy atom. The Morgan fingerprint density at radius 3 is 2.48 bits per heavy atom. The predicted molar refractivity (Wildman–Crippen MR) is 99.2 cm³/mol. The summed E-state index contributed by atoms with van der Waals surface area (Å²) in [5.41, 5.74) is 2.12. The average Bonchev–Trinajstić information content (AvgIpc) is 2.60. The lowest BCUT2D eigenvalue weighted by Crippen LogP contribution is -2.28. The van der Waals surface area contributed by atoms with Crippen molar-refractivity contribution in [2.24, 2.45) is 0 Å². The van der Waals surface area contributed by atoms with Gasteiger partial charge in [-0.05, 0) is 36.8 Å². The van der Waals surface area contributed by atoms with E-state index in [9.17, 15) is 9.90 Å². The third-order valence-corrected chi connectivity index (χ3v) is 3.75. The van der Waals surface area contributed by atoms with Crippen LogP contribution in [0.25, 0.3) is 6.08 Å². The van der Waals surface area contributed by atoms with Gasteiger partial charge in [0.05, 0.1) is 13.2 Å². The molecule has 0 bridgehead atoms. The van der Waals surface area contributed by atoms with E-state index in [2.05, 4.69) is 0 Å². The van der Waals surface area contributed by atoms with Crippen molar-refractivity contribution >= 4 is 23.6 Å². The molecule has 2 rings (SSSR count). The molecule has 0 aromatic heterocycles. The van der Waals surface area contributed by atoms with E-state index in [0.717, 1.165) is 11.1 Å². The van der Waals surface area contributed by atoms with Gasteiger partial charge in [0.25, 0.3) is 0 Å². The minimum atomic E-state index is -0.999. The van der Waals surface area contributed by atoms with Gasteiger partial charge in [-0.2, -0.15) is 0 Å². The van der Waals surface area contributed by atoms with Crippen molar-refractivity contribution in [3.8, 4) is 5.75 Å². The van der Waals surface area contributed by atoms with Gasteiger partial charge in [0, 0.05) is 11.4 Å². The number of ether oxygens (including phenoxy) is 2. The number of aryl methyl sites for hydroxylation is 1. The zero-order valence-corrected chi connectivity index (χ0v) is 14.8. The number of aliphatic carboxylic acids is 1. The third-order valence-electron chi connectivity index (χ3n) is 3.49. The molecule has 1 atom stereocenters. The number of benzene rings is 2. The maximum absolute atomic E-state index is 11.3. The number of hydrogen-bond acceptors (Lipinski definition) is 3. The average molecular weight is 361 g/mol. The summed E-state index contributed by atoms with van der Waals surface area (Å²) < 4.78 is 11.0. The molecule has 2 aromatic rings. The van der Waals surface area contributed by atoms with Gasteiger partial charge in [0.15, 0.2) is 6.10 Å². The van der Waals surface area contributed by atoms with Crippen LogP contribution in [0, 0.1) is 6.92 Å². The van der Waals surface area contributed by atoms with Crippen LogP contribution in [0.4, 0.5) is 0 Å². The molecule has 0 spiro atoms. The Bertz CT molecular complexity index is 693. The van der Waals surface area contributed by atoms with Gasteiger partial charge in [-0.15, -0.1) is 0 Å². The first-order valence-electron chi connectivity index (χ1n) is 8.00. The number of carboxylic acid groups (broad SMARTS) is 1.